The third-order valence-electron chi connectivity index (χ3n) is 3.13. The highest BCUT2D eigenvalue weighted by Gasteiger charge is 2.12. The Bertz CT molecular complexity index is 600. The van der Waals surface area contributed by atoms with Crippen LogP contribution >= 0.6 is 0 Å². The highest BCUT2D eigenvalue weighted by molar-refractivity contribution is 6.03. The van der Waals surface area contributed by atoms with Gasteiger partial charge in [-0.15, -0.1) is 0 Å². The molecule has 0 spiro atoms. The average Bonchev–Trinajstić information content (AvgIpc) is 2.81. The van der Waals surface area contributed by atoms with Gasteiger partial charge in [-0.25, -0.2) is 0 Å². The molecule has 1 aromatic heterocycles. The summed E-state index contributed by atoms with van der Waals surface area (Å²) in [6.45, 7) is 8.04. The molecule has 2 aromatic rings. The van der Waals surface area contributed by atoms with Crippen molar-refractivity contribution in [1.82, 2.24) is 5.16 Å². The number of carbonyl (C=O) groups is 1. The molecule has 0 bridgehead atoms. The number of carbonyl (C=O) groups excluding carboxylic acids is 1. The van der Waals surface area contributed by atoms with Crippen molar-refractivity contribution in [1.29, 1.82) is 0 Å². The molecule has 4 heteroatoms. The molecule has 0 aliphatic heterocycles. The van der Waals surface area contributed by atoms with Gasteiger partial charge in [-0.3, -0.25) is 10.1 Å². The van der Waals surface area contributed by atoms with Crippen LogP contribution in [0.1, 0.15) is 46.9 Å². The van der Waals surface area contributed by atoms with Gasteiger partial charge in [0, 0.05) is 11.6 Å². The van der Waals surface area contributed by atoms with E-state index < -0.39 is 0 Å². The molecule has 2 rings (SSSR count). The largest absolute Gasteiger partial charge is 0.338 e. The van der Waals surface area contributed by atoms with Gasteiger partial charge >= 0.3 is 0 Å². The molecule has 1 aromatic carbocycles. The first-order chi connectivity index (χ1) is 8.97. The van der Waals surface area contributed by atoms with Gasteiger partial charge in [0.1, 0.15) is 0 Å². The number of amides is 1. The molecular formula is C15H18N2O2. The Labute approximate surface area is 112 Å². The molecule has 100 valence electrons. The molecule has 0 radical (unpaired) electrons. The van der Waals surface area contributed by atoms with Crippen molar-refractivity contribution in [2.45, 2.75) is 33.6 Å². The predicted molar refractivity (Wildman–Crippen MR) is 74.5 cm³/mol. The molecule has 0 saturated carbocycles. The van der Waals surface area contributed by atoms with E-state index in [4.69, 9.17) is 4.52 Å². The van der Waals surface area contributed by atoms with Crippen molar-refractivity contribution in [3.05, 3.63) is 46.6 Å². The van der Waals surface area contributed by atoms with Crippen molar-refractivity contribution in [3.8, 4) is 0 Å². The number of hydrogen-bond acceptors (Lipinski definition) is 3. The first-order valence-corrected chi connectivity index (χ1v) is 6.32. The molecule has 0 aliphatic rings. The summed E-state index contributed by atoms with van der Waals surface area (Å²) in [7, 11) is 0. The van der Waals surface area contributed by atoms with Crippen LogP contribution in [0, 0.1) is 13.8 Å². The summed E-state index contributed by atoms with van der Waals surface area (Å²) in [6, 6.07) is 7.36. The van der Waals surface area contributed by atoms with E-state index in [9.17, 15) is 4.79 Å². The lowest BCUT2D eigenvalue weighted by Gasteiger charge is -2.04. The maximum Gasteiger partial charge on any atom is 0.258 e. The lowest BCUT2D eigenvalue weighted by atomic mass is 10.1. The van der Waals surface area contributed by atoms with Crippen LogP contribution in [0.15, 0.2) is 28.8 Å². The molecule has 0 atom stereocenters. The average molecular weight is 258 g/mol. The number of nitrogens with one attached hydrogen (secondary N) is 1. The van der Waals surface area contributed by atoms with Gasteiger partial charge in [0.15, 0.2) is 0 Å². The van der Waals surface area contributed by atoms with Crippen molar-refractivity contribution in [3.63, 3.8) is 0 Å². The molecular weight excluding hydrogens is 240 g/mol. The summed E-state index contributed by atoms with van der Waals surface area (Å²) < 4.78 is 5.09. The summed E-state index contributed by atoms with van der Waals surface area (Å²) in [6.07, 6.45) is 0. The molecule has 0 fully saturated rings. The summed E-state index contributed by atoms with van der Waals surface area (Å²) in [5.41, 5.74) is 3.70. The molecule has 1 heterocycles. The fourth-order valence-electron chi connectivity index (χ4n) is 1.69. The first-order valence-electron chi connectivity index (χ1n) is 6.32. The molecule has 0 saturated heterocycles. The number of hydrogen-bond donors (Lipinski definition) is 1. The molecule has 4 nitrogen and oxygen atoms in total. The maximum atomic E-state index is 12.1. The zero-order chi connectivity index (χ0) is 14.0. The first kappa shape index (κ1) is 13.3. The van der Waals surface area contributed by atoms with Crippen LogP contribution in [-0.2, 0) is 0 Å². The van der Waals surface area contributed by atoms with E-state index in [1.54, 1.807) is 12.1 Å². The normalized spacial score (nSPS) is 10.8. The van der Waals surface area contributed by atoms with Crippen molar-refractivity contribution in [2.24, 2.45) is 0 Å². The van der Waals surface area contributed by atoms with Gasteiger partial charge in [-0.05, 0) is 43.0 Å². The smallest absolute Gasteiger partial charge is 0.258 e. The van der Waals surface area contributed by atoms with Crippen LogP contribution in [0.5, 0.6) is 0 Å². The topological polar surface area (TPSA) is 55.1 Å². The summed E-state index contributed by atoms with van der Waals surface area (Å²) in [5, 5.41) is 6.62. The third-order valence-corrected chi connectivity index (χ3v) is 3.13. The molecule has 0 unspecified atom stereocenters. The number of rotatable bonds is 3. The summed E-state index contributed by atoms with van der Waals surface area (Å²) in [5.74, 6) is 0.470. The minimum atomic E-state index is -0.186. The van der Waals surface area contributed by atoms with Gasteiger partial charge < -0.3 is 4.52 Å². The van der Waals surface area contributed by atoms with Crippen LogP contribution in [-0.4, -0.2) is 11.1 Å². The molecule has 1 N–H and O–H groups in total. The second-order valence-electron chi connectivity index (χ2n) is 5.02. The van der Waals surface area contributed by atoms with Crippen LogP contribution in [0.2, 0.25) is 0 Å². The van der Waals surface area contributed by atoms with Gasteiger partial charge in [0.2, 0.25) is 5.88 Å². The third kappa shape index (κ3) is 3.02. The molecule has 1 amide bonds. The number of anilines is 1. The lowest BCUT2D eigenvalue weighted by Crippen LogP contribution is -2.11. The Kier molecular flexibility index (Phi) is 3.69. The van der Waals surface area contributed by atoms with E-state index in [2.05, 4.69) is 10.5 Å². The Hall–Kier alpha value is -2.10. The standard InChI is InChI=1S/C15H18N2O2/c1-9(2)13-8-14(19-17-13)16-15(18)12-6-5-10(3)11(4)7-12/h5-9H,1-4H3,(H,16,18). The quantitative estimate of drug-likeness (QED) is 0.913. The Morgan fingerprint density at radius 3 is 2.53 bits per heavy atom. The van der Waals surface area contributed by atoms with Crippen molar-refractivity contribution >= 4 is 11.8 Å². The monoisotopic (exact) mass is 258 g/mol. The van der Waals surface area contributed by atoms with Crippen LogP contribution < -0.4 is 5.32 Å². The number of aromatic nitrogens is 1. The zero-order valence-electron chi connectivity index (χ0n) is 11.7. The summed E-state index contributed by atoms with van der Waals surface area (Å²) in [4.78, 5) is 12.1. The molecule has 19 heavy (non-hydrogen) atoms. The Balaban J connectivity index is 2.13. The van der Waals surface area contributed by atoms with Crippen LogP contribution in [0.3, 0.4) is 0 Å². The second-order valence-corrected chi connectivity index (χ2v) is 5.02. The minimum Gasteiger partial charge on any atom is -0.338 e. The minimum absolute atomic E-state index is 0.186. The zero-order valence-corrected chi connectivity index (χ0v) is 11.7. The molecule has 0 aliphatic carbocycles. The van der Waals surface area contributed by atoms with Gasteiger partial charge in [0.25, 0.3) is 5.91 Å². The number of aryl methyl sites for hydroxylation is 2. The van der Waals surface area contributed by atoms with E-state index in [1.807, 2.05) is 39.8 Å². The second kappa shape index (κ2) is 5.26. The van der Waals surface area contributed by atoms with E-state index in [-0.39, 0.29) is 11.8 Å². The Morgan fingerprint density at radius 1 is 1.21 bits per heavy atom. The fraction of sp³-hybridized carbons (Fsp3) is 0.333. The predicted octanol–water partition coefficient (Wildman–Crippen LogP) is 3.67. The van der Waals surface area contributed by atoms with Crippen molar-refractivity contribution < 1.29 is 9.32 Å². The van der Waals surface area contributed by atoms with Crippen molar-refractivity contribution in [2.75, 3.05) is 5.32 Å². The van der Waals surface area contributed by atoms with E-state index in [0.717, 1.165) is 11.3 Å². The van der Waals surface area contributed by atoms with Crippen LogP contribution in [0.4, 0.5) is 5.88 Å². The lowest BCUT2D eigenvalue weighted by molar-refractivity contribution is 0.102. The van der Waals surface area contributed by atoms with E-state index >= 15 is 0 Å². The van der Waals surface area contributed by atoms with E-state index in [0.29, 0.717) is 11.4 Å². The summed E-state index contributed by atoms with van der Waals surface area (Å²) >= 11 is 0. The highest BCUT2D eigenvalue weighted by atomic mass is 16.5. The fourth-order valence-corrected chi connectivity index (χ4v) is 1.69. The van der Waals surface area contributed by atoms with Crippen LogP contribution in [0.25, 0.3) is 0 Å². The van der Waals surface area contributed by atoms with E-state index in [1.165, 1.54) is 5.56 Å². The van der Waals surface area contributed by atoms with Gasteiger partial charge in [0.05, 0.1) is 5.69 Å². The maximum absolute atomic E-state index is 12.1. The highest BCUT2D eigenvalue weighted by Crippen LogP contribution is 2.18. The van der Waals surface area contributed by atoms with Gasteiger partial charge in [-0.1, -0.05) is 25.1 Å². The number of benzene rings is 1. The Morgan fingerprint density at radius 2 is 1.95 bits per heavy atom. The number of nitrogens with zero attached hydrogens (tertiary/aromatic N) is 1. The SMILES string of the molecule is Cc1ccc(C(=O)Nc2cc(C(C)C)no2)cc1C. The van der Waals surface area contributed by atoms with Gasteiger partial charge in [-0.2, -0.15) is 0 Å².